The standard InChI is InChI=1S/C17H19N3O2/c1-12-4-2-5-13(10-12)16-18-8-7-15(19-16)20-9-3-6-14(11-20)17(21)22/h2,4-5,7-8,10,14H,3,6,9,11H2,1H3,(H,21,22). The van der Waals surface area contributed by atoms with E-state index in [4.69, 9.17) is 0 Å². The molecular formula is C17H19N3O2. The van der Waals surface area contributed by atoms with E-state index in [-0.39, 0.29) is 5.92 Å². The van der Waals surface area contributed by atoms with E-state index in [1.807, 2.05) is 36.1 Å². The summed E-state index contributed by atoms with van der Waals surface area (Å²) in [6.45, 7) is 3.39. The van der Waals surface area contributed by atoms with Crippen LogP contribution in [0.25, 0.3) is 11.4 Å². The van der Waals surface area contributed by atoms with E-state index in [1.54, 1.807) is 6.20 Å². The van der Waals surface area contributed by atoms with Crippen molar-refractivity contribution in [2.45, 2.75) is 19.8 Å². The topological polar surface area (TPSA) is 66.3 Å². The summed E-state index contributed by atoms with van der Waals surface area (Å²) in [7, 11) is 0. The molecule has 0 saturated carbocycles. The highest BCUT2D eigenvalue weighted by Crippen LogP contribution is 2.24. The van der Waals surface area contributed by atoms with Crippen LogP contribution >= 0.6 is 0 Å². The number of hydrogen-bond donors (Lipinski definition) is 1. The summed E-state index contributed by atoms with van der Waals surface area (Å²) >= 11 is 0. The lowest BCUT2D eigenvalue weighted by Crippen LogP contribution is -2.39. The third-order valence-corrected chi connectivity index (χ3v) is 4.01. The first kappa shape index (κ1) is 14.5. The van der Waals surface area contributed by atoms with Crippen LogP contribution < -0.4 is 4.90 Å². The molecule has 1 aliphatic rings. The minimum Gasteiger partial charge on any atom is -0.481 e. The molecule has 5 nitrogen and oxygen atoms in total. The van der Waals surface area contributed by atoms with Gasteiger partial charge in [-0.15, -0.1) is 0 Å². The van der Waals surface area contributed by atoms with Crippen LogP contribution in [0, 0.1) is 12.8 Å². The highest BCUT2D eigenvalue weighted by Gasteiger charge is 2.26. The summed E-state index contributed by atoms with van der Waals surface area (Å²) in [6.07, 6.45) is 3.35. The molecule has 1 fully saturated rings. The Bertz CT molecular complexity index is 687. The van der Waals surface area contributed by atoms with Crippen LogP contribution in [0.3, 0.4) is 0 Å². The van der Waals surface area contributed by atoms with Gasteiger partial charge < -0.3 is 10.0 Å². The van der Waals surface area contributed by atoms with Crippen LogP contribution in [-0.4, -0.2) is 34.1 Å². The lowest BCUT2D eigenvalue weighted by atomic mass is 9.98. The molecule has 0 bridgehead atoms. The number of aromatic nitrogens is 2. The molecule has 1 aliphatic heterocycles. The molecule has 0 radical (unpaired) electrons. The Hall–Kier alpha value is -2.43. The molecule has 0 aliphatic carbocycles. The van der Waals surface area contributed by atoms with Gasteiger partial charge in [0.15, 0.2) is 5.82 Å². The minimum absolute atomic E-state index is 0.314. The normalized spacial score (nSPS) is 18.2. The number of rotatable bonds is 3. The molecule has 1 saturated heterocycles. The van der Waals surface area contributed by atoms with E-state index in [0.29, 0.717) is 12.4 Å². The maximum Gasteiger partial charge on any atom is 0.308 e. The summed E-state index contributed by atoms with van der Waals surface area (Å²) in [4.78, 5) is 22.2. The maximum atomic E-state index is 11.2. The number of carboxylic acid groups (broad SMARTS) is 1. The van der Waals surface area contributed by atoms with Gasteiger partial charge in [0.05, 0.1) is 5.92 Å². The first-order chi connectivity index (χ1) is 10.6. The minimum atomic E-state index is -0.724. The SMILES string of the molecule is Cc1cccc(-c2nccc(N3CCCC(C(=O)O)C3)n2)c1. The fourth-order valence-electron chi connectivity index (χ4n) is 2.84. The molecule has 1 unspecified atom stereocenters. The average Bonchev–Trinajstić information content (AvgIpc) is 2.55. The quantitative estimate of drug-likeness (QED) is 0.943. The number of benzene rings is 1. The van der Waals surface area contributed by atoms with Crippen molar-refractivity contribution in [3.05, 3.63) is 42.1 Å². The van der Waals surface area contributed by atoms with Crippen LogP contribution in [0.2, 0.25) is 0 Å². The van der Waals surface area contributed by atoms with Crippen LogP contribution in [0.4, 0.5) is 5.82 Å². The Morgan fingerprint density at radius 3 is 3.00 bits per heavy atom. The molecule has 1 aromatic heterocycles. The van der Waals surface area contributed by atoms with Gasteiger partial charge in [0, 0.05) is 24.8 Å². The molecule has 5 heteroatoms. The number of aliphatic carboxylic acids is 1. The van der Waals surface area contributed by atoms with Crippen molar-refractivity contribution in [1.29, 1.82) is 0 Å². The Morgan fingerprint density at radius 1 is 1.36 bits per heavy atom. The molecule has 1 aromatic carbocycles. The van der Waals surface area contributed by atoms with Crippen molar-refractivity contribution in [3.63, 3.8) is 0 Å². The second-order valence-corrected chi connectivity index (χ2v) is 5.73. The Kier molecular flexibility index (Phi) is 4.04. The van der Waals surface area contributed by atoms with Gasteiger partial charge in [-0.3, -0.25) is 4.79 Å². The number of carbonyl (C=O) groups is 1. The lowest BCUT2D eigenvalue weighted by Gasteiger charge is -2.31. The molecule has 0 amide bonds. The zero-order valence-electron chi connectivity index (χ0n) is 12.6. The number of carboxylic acids is 1. The molecule has 1 atom stereocenters. The van der Waals surface area contributed by atoms with Crippen LogP contribution in [0.15, 0.2) is 36.5 Å². The zero-order valence-corrected chi connectivity index (χ0v) is 12.6. The highest BCUT2D eigenvalue weighted by molar-refractivity contribution is 5.71. The van der Waals surface area contributed by atoms with Crippen LogP contribution in [-0.2, 0) is 4.79 Å². The van der Waals surface area contributed by atoms with Gasteiger partial charge in [-0.1, -0.05) is 23.8 Å². The third kappa shape index (κ3) is 3.08. The number of piperidine rings is 1. The Morgan fingerprint density at radius 2 is 2.23 bits per heavy atom. The van der Waals surface area contributed by atoms with Crippen molar-refractivity contribution < 1.29 is 9.90 Å². The summed E-state index contributed by atoms with van der Waals surface area (Å²) in [5.74, 6) is 0.444. The van der Waals surface area contributed by atoms with Gasteiger partial charge in [-0.05, 0) is 31.9 Å². The molecule has 0 spiro atoms. The second-order valence-electron chi connectivity index (χ2n) is 5.73. The predicted molar refractivity (Wildman–Crippen MR) is 84.8 cm³/mol. The smallest absolute Gasteiger partial charge is 0.308 e. The van der Waals surface area contributed by atoms with Gasteiger partial charge in [-0.2, -0.15) is 0 Å². The molecule has 2 aromatic rings. The number of aryl methyl sites for hydroxylation is 1. The number of anilines is 1. The van der Waals surface area contributed by atoms with E-state index >= 15 is 0 Å². The van der Waals surface area contributed by atoms with Gasteiger partial charge >= 0.3 is 5.97 Å². The van der Waals surface area contributed by atoms with Crippen molar-refractivity contribution in [3.8, 4) is 11.4 Å². The first-order valence-electron chi connectivity index (χ1n) is 7.51. The van der Waals surface area contributed by atoms with E-state index in [2.05, 4.69) is 16.0 Å². The lowest BCUT2D eigenvalue weighted by molar-refractivity contribution is -0.141. The maximum absolute atomic E-state index is 11.2. The molecule has 114 valence electrons. The van der Waals surface area contributed by atoms with Gasteiger partial charge in [0.25, 0.3) is 0 Å². The van der Waals surface area contributed by atoms with Crippen LogP contribution in [0.5, 0.6) is 0 Å². The molecule has 2 heterocycles. The van der Waals surface area contributed by atoms with E-state index in [1.165, 1.54) is 0 Å². The van der Waals surface area contributed by atoms with Crippen molar-refractivity contribution >= 4 is 11.8 Å². The largest absolute Gasteiger partial charge is 0.481 e. The summed E-state index contributed by atoms with van der Waals surface area (Å²) in [6, 6.07) is 9.92. The van der Waals surface area contributed by atoms with Crippen molar-refractivity contribution in [2.24, 2.45) is 5.92 Å². The predicted octanol–water partition coefficient (Wildman–Crippen LogP) is 2.75. The number of hydrogen-bond acceptors (Lipinski definition) is 4. The van der Waals surface area contributed by atoms with E-state index < -0.39 is 5.97 Å². The summed E-state index contributed by atoms with van der Waals surface area (Å²) in [5, 5.41) is 9.21. The third-order valence-electron chi connectivity index (χ3n) is 4.01. The number of nitrogens with zero attached hydrogens (tertiary/aromatic N) is 3. The van der Waals surface area contributed by atoms with E-state index in [0.717, 1.165) is 36.3 Å². The Balaban J connectivity index is 1.86. The first-order valence-corrected chi connectivity index (χ1v) is 7.51. The van der Waals surface area contributed by atoms with Crippen molar-refractivity contribution in [1.82, 2.24) is 9.97 Å². The molecule has 22 heavy (non-hydrogen) atoms. The van der Waals surface area contributed by atoms with Gasteiger partial charge in [0.1, 0.15) is 5.82 Å². The fourth-order valence-corrected chi connectivity index (χ4v) is 2.84. The van der Waals surface area contributed by atoms with Gasteiger partial charge in [-0.25, -0.2) is 9.97 Å². The average molecular weight is 297 g/mol. The zero-order chi connectivity index (χ0) is 15.5. The van der Waals surface area contributed by atoms with Gasteiger partial charge in [0.2, 0.25) is 0 Å². The monoisotopic (exact) mass is 297 g/mol. The fraction of sp³-hybridized carbons (Fsp3) is 0.353. The molecule has 3 rings (SSSR count). The summed E-state index contributed by atoms with van der Waals surface area (Å²) in [5.41, 5.74) is 2.14. The second kappa shape index (κ2) is 6.13. The van der Waals surface area contributed by atoms with E-state index in [9.17, 15) is 9.90 Å². The summed E-state index contributed by atoms with van der Waals surface area (Å²) < 4.78 is 0. The highest BCUT2D eigenvalue weighted by atomic mass is 16.4. The molecular weight excluding hydrogens is 278 g/mol. The van der Waals surface area contributed by atoms with Crippen molar-refractivity contribution in [2.75, 3.05) is 18.0 Å². The Labute approximate surface area is 129 Å². The van der Waals surface area contributed by atoms with Crippen LogP contribution in [0.1, 0.15) is 18.4 Å². The molecule has 1 N–H and O–H groups in total.